The highest BCUT2D eigenvalue weighted by molar-refractivity contribution is 6.30. The van der Waals surface area contributed by atoms with E-state index in [1.54, 1.807) is 0 Å². The fraction of sp³-hybridized carbons (Fsp3) is 0.467. The third kappa shape index (κ3) is 4.91. The van der Waals surface area contributed by atoms with E-state index in [1.165, 1.54) is 44.1 Å². The second-order valence-electron chi connectivity index (χ2n) is 11.6. The molecule has 2 N–H and O–H groups in total. The average Bonchev–Trinajstić information content (AvgIpc) is 2.79. The average molecular weight is 488 g/mol. The molecule has 4 saturated carbocycles. The minimum Gasteiger partial charge on any atom is -0.367 e. The second kappa shape index (κ2) is 9.13. The van der Waals surface area contributed by atoms with Crippen LogP contribution in [-0.2, 0) is 11.2 Å². The quantitative estimate of drug-likeness (QED) is 0.363. The summed E-state index contributed by atoms with van der Waals surface area (Å²) in [7, 11) is 0. The van der Waals surface area contributed by atoms with Gasteiger partial charge >= 0.3 is 0 Å². The van der Waals surface area contributed by atoms with Gasteiger partial charge in [-0.25, -0.2) is 4.98 Å². The number of nitrogens with zero attached hydrogens (tertiary/aromatic N) is 1. The van der Waals surface area contributed by atoms with Crippen molar-refractivity contribution < 1.29 is 4.79 Å². The number of fused-ring (bicyclic) bond motifs is 1. The molecule has 2 aromatic carbocycles. The molecule has 5 heteroatoms. The van der Waals surface area contributed by atoms with Crippen molar-refractivity contribution in [2.24, 2.45) is 23.2 Å². The van der Waals surface area contributed by atoms with Gasteiger partial charge in [-0.3, -0.25) is 4.79 Å². The Kier molecular flexibility index (Phi) is 5.96. The molecule has 0 aliphatic heterocycles. The number of anilines is 2. The number of rotatable bonds is 7. The number of carbonyl (C=O) groups is 1. The van der Waals surface area contributed by atoms with Crippen molar-refractivity contribution in [3.63, 3.8) is 0 Å². The molecule has 4 aliphatic rings. The molecule has 4 aliphatic carbocycles. The van der Waals surface area contributed by atoms with Gasteiger partial charge in [0.05, 0.1) is 11.2 Å². The maximum atomic E-state index is 13.2. The van der Waals surface area contributed by atoms with Crippen molar-refractivity contribution in [3.05, 3.63) is 65.2 Å². The summed E-state index contributed by atoms with van der Waals surface area (Å²) in [6, 6.07) is 18.3. The summed E-state index contributed by atoms with van der Waals surface area (Å²) >= 11 is 6.00. The first-order chi connectivity index (χ1) is 16.9. The van der Waals surface area contributed by atoms with Crippen LogP contribution in [0.2, 0.25) is 5.02 Å². The molecular weight excluding hydrogens is 454 g/mol. The highest BCUT2D eigenvalue weighted by Gasteiger charge is 2.51. The summed E-state index contributed by atoms with van der Waals surface area (Å²) in [6.45, 7) is 2.15. The zero-order valence-electron chi connectivity index (χ0n) is 20.4. The van der Waals surface area contributed by atoms with E-state index in [1.807, 2.05) is 36.4 Å². The van der Waals surface area contributed by atoms with Crippen LogP contribution in [0.5, 0.6) is 0 Å². The van der Waals surface area contributed by atoms with Crippen LogP contribution in [0.4, 0.5) is 11.5 Å². The van der Waals surface area contributed by atoms with Crippen molar-refractivity contribution in [3.8, 4) is 0 Å². The fourth-order valence-electron chi connectivity index (χ4n) is 7.66. The first-order valence-corrected chi connectivity index (χ1v) is 13.5. The normalized spacial score (nSPS) is 27.7. The molecule has 182 valence electrons. The van der Waals surface area contributed by atoms with Crippen molar-refractivity contribution in [1.29, 1.82) is 0 Å². The SMILES string of the molecule is CC(Cc1ccc(Cl)cc1)Nc1ccc2c(NC(=O)CC34CC5CC(CC(C5)C3)C4)cccc2n1. The summed E-state index contributed by atoms with van der Waals surface area (Å²) < 4.78 is 0. The molecular formula is C30H34ClN3O. The Bertz CT molecular complexity index is 1200. The molecule has 1 amide bonds. The van der Waals surface area contributed by atoms with Crippen LogP contribution in [0.25, 0.3) is 10.9 Å². The van der Waals surface area contributed by atoms with Gasteiger partial charge in [0.15, 0.2) is 0 Å². The van der Waals surface area contributed by atoms with E-state index in [-0.39, 0.29) is 17.4 Å². The van der Waals surface area contributed by atoms with E-state index in [2.05, 4.69) is 35.8 Å². The molecule has 0 saturated heterocycles. The Balaban J connectivity index is 1.12. The van der Waals surface area contributed by atoms with E-state index in [9.17, 15) is 4.79 Å². The summed E-state index contributed by atoms with van der Waals surface area (Å²) in [4.78, 5) is 18.0. The van der Waals surface area contributed by atoms with Crippen LogP contribution < -0.4 is 10.6 Å². The Labute approximate surface area is 212 Å². The third-order valence-electron chi connectivity index (χ3n) is 8.56. The molecule has 1 aromatic heterocycles. The standard InChI is InChI=1S/C30H34ClN3O/c1-19(11-20-5-7-24(31)8-6-20)32-28-10-9-25-26(33-28)3-2-4-27(25)34-29(35)18-30-15-21-12-22(16-30)14-23(13-21)17-30/h2-10,19,21-23H,11-18H2,1H3,(H,32,33)(H,34,35). The fourth-order valence-corrected chi connectivity index (χ4v) is 7.79. The number of hydrogen-bond donors (Lipinski definition) is 2. The van der Waals surface area contributed by atoms with Gasteiger partial charge in [-0.1, -0.05) is 29.8 Å². The monoisotopic (exact) mass is 487 g/mol. The van der Waals surface area contributed by atoms with Crippen LogP contribution in [0.1, 0.15) is 57.4 Å². The number of carbonyl (C=O) groups excluding carboxylic acids is 1. The lowest BCUT2D eigenvalue weighted by molar-refractivity contribution is -0.124. The van der Waals surface area contributed by atoms with Crippen LogP contribution in [0, 0.1) is 23.2 Å². The minimum absolute atomic E-state index is 0.165. The summed E-state index contributed by atoms with van der Waals surface area (Å²) in [6.07, 6.45) is 9.55. The zero-order valence-corrected chi connectivity index (χ0v) is 21.2. The van der Waals surface area contributed by atoms with Gasteiger partial charge in [-0.05, 0) is 117 Å². The van der Waals surface area contributed by atoms with Crippen LogP contribution in [-0.4, -0.2) is 16.9 Å². The predicted molar refractivity (Wildman–Crippen MR) is 144 cm³/mol. The molecule has 0 spiro atoms. The molecule has 0 radical (unpaired) electrons. The van der Waals surface area contributed by atoms with E-state index >= 15 is 0 Å². The van der Waals surface area contributed by atoms with E-state index in [0.29, 0.717) is 6.42 Å². The molecule has 35 heavy (non-hydrogen) atoms. The number of pyridine rings is 1. The molecule has 1 heterocycles. The van der Waals surface area contributed by atoms with E-state index in [4.69, 9.17) is 16.6 Å². The number of amides is 1. The summed E-state index contributed by atoms with van der Waals surface area (Å²) in [5, 5.41) is 8.50. The highest BCUT2D eigenvalue weighted by Crippen LogP contribution is 2.61. The number of hydrogen-bond acceptors (Lipinski definition) is 3. The lowest BCUT2D eigenvalue weighted by atomic mass is 9.49. The first kappa shape index (κ1) is 22.8. The van der Waals surface area contributed by atoms with Gasteiger partial charge in [-0.15, -0.1) is 0 Å². The number of halogens is 1. The molecule has 4 nitrogen and oxygen atoms in total. The zero-order chi connectivity index (χ0) is 24.0. The Morgan fingerprint density at radius 2 is 1.69 bits per heavy atom. The van der Waals surface area contributed by atoms with Crippen LogP contribution >= 0.6 is 11.6 Å². The lowest BCUT2D eigenvalue weighted by Gasteiger charge is -2.56. The van der Waals surface area contributed by atoms with Gasteiger partial charge in [0, 0.05) is 22.9 Å². The first-order valence-electron chi connectivity index (χ1n) is 13.1. The molecule has 7 rings (SSSR count). The number of aromatic nitrogens is 1. The predicted octanol–water partition coefficient (Wildman–Crippen LogP) is 7.48. The molecule has 4 fully saturated rings. The summed E-state index contributed by atoms with van der Waals surface area (Å²) in [5.41, 5.74) is 3.24. The molecule has 3 aromatic rings. The topological polar surface area (TPSA) is 54.0 Å². The van der Waals surface area contributed by atoms with Gasteiger partial charge in [-0.2, -0.15) is 0 Å². The van der Waals surface area contributed by atoms with E-state index in [0.717, 1.165) is 51.6 Å². The smallest absolute Gasteiger partial charge is 0.224 e. The second-order valence-corrected chi connectivity index (χ2v) is 12.0. The van der Waals surface area contributed by atoms with Gasteiger partial charge in [0.1, 0.15) is 5.82 Å². The Hall–Kier alpha value is -2.59. The van der Waals surface area contributed by atoms with Crippen LogP contribution in [0.15, 0.2) is 54.6 Å². The van der Waals surface area contributed by atoms with Gasteiger partial charge < -0.3 is 10.6 Å². The molecule has 1 unspecified atom stereocenters. The Morgan fingerprint density at radius 1 is 1.00 bits per heavy atom. The summed E-state index contributed by atoms with van der Waals surface area (Å²) in [5.74, 6) is 3.60. The molecule has 4 bridgehead atoms. The van der Waals surface area contributed by atoms with Crippen molar-refractivity contribution in [2.45, 2.75) is 64.3 Å². The van der Waals surface area contributed by atoms with Gasteiger partial charge in [0.2, 0.25) is 5.91 Å². The van der Waals surface area contributed by atoms with E-state index < -0.39 is 0 Å². The maximum absolute atomic E-state index is 13.2. The van der Waals surface area contributed by atoms with Crippen molar-refractivity contribution in [1.82, 2.24) is 4.98 Å². The number of nitrogens with one attached hydrogen (secondary N) is 2. The number of benzene rings is 2. The minimum atomic E-state index is 0.165. The van der Waals surface area contributed by atoms with Crippen molar-refractivity contribution in [2.75, 3.05) is 10.6 Å². The Morgan fingerprint density at radius 3 is 2.37 bits per heavy atom. The lowest BCUT2D eigenvalue weighted by Crippen LogP contribution is -2.47. The van der Waals surface area contributed by atoms with Gasteiger partial charge in [0.25, 0.3) is 0 Å². The van der Waals surface area contributed by atoms with Crippen LogP contribution in [0.3, 0.4) is 0 Å². The molecule has 1 atom stereocenters. The van der Waals surface area contributed by atoms with Crippen molar-refractivity contribution >= 4 is 39.9 Å². The largest absolute Gasteiger partial charge is 0.367 e. The maximum Gasteiger partial charge on any atom is 0.224 e. The third-order valence-corrected chi connectivity index (χ3v) is 8.81. The highest BCUT2D eigenvalue weighted by atomic mass is 35.5.